The second-order valence-electron chi connectivity index (χ2n) is 3.63. The minimum absolute atomic E-state index is 0.108. The van der Waals surface area contributed by atoms with Crippen molar-refractivity contribution in [1.29, 1.82) is 0 Å². The molecule has 0 saturated heterocycles. The molecule has 0 radical (unpaired) electrons. The van der Waals surface area contributed by atoms with Crippen molar-refractivity contribution in [3.05, 3.63) is 18.0 Å². The summed E-state index contributed by atoms with van der Waals surface area (Å²) in [5.74, 6) is -0.108. The zero-order valence-corrected chi connectivity index (χ0v) is 9.92. The number of rotatable bonds is 6. The van der Waals surface area contributed by atoms with Gasteiger partial charge in [-0.05, 0) is 19.2 Å². The van der Waals surface area contributed by atoms with Gasteiger partial charge in [-0.15, -0.1) is 0 Å². The number of aromatic nitrogens is 1. The monoisotopic (exact) mass is 224 g/mol. The van der Waals surface area contributed by atoms with Crippen LogP contribution < -0.4 is 11.1 Å². The molecule has 4 N–H and O–H groups in total. The predicted molar refractivity (Wildman–Crippen MR) is 65.3 cm³/mol. The largest absolute Gasteiger partial charge is 0.397 e. The van der Waals surface area contributed by atoms with Crippen LogP contribution in [0.2, 0.25) is 0 Å². The number of hydrogen-bond acceptors (Lipinski definition) is 3. The highest BCUT2D eigenvalue weighted by molar-refractivity contribution is 5.93. The molecule has 0 saturated carbocycles. The van der Waals surface area contributed by atoms with E-state index >= 15 is 0 Å². The highest BCUT2D eigenvalue weighted by Crippen LogP contribution is 2.03. The third-order valence-corrected chi connectivity index (χ3v) is 2.56. The molecule has 1 rings (SSSR count). The molecule has 0 aromatic carbocycles. The lowest BCUT2D eigenvalue weighted by atomic mass is 10.4. The summed E-state index contributed by atoms with van der Waals surface area (Å²) in [6.07, 6.45) is 1.61. The second kappa shape index (κ2) is 6.17. The minimum Gasteiger partial charge on any atom is -0.397 e. The molecule has 0 spiro atoms. The van der Waals surface area contributed by atoms with E-state index in [1.165, 1.54) is 0 Å². The van der Waals surface area contributed by atoms with Gasteiger partial charge in [-0.1, -0.05) is 13.8 Å². The molecular weight excluding hydrogens is 204 g/mol. The highest BCUT2D eigenvalue weighted by atomic mass is 16.1. The van der Waals surface area contributed by atoms with Gasteiger partial charge in [0.15, 0.2) is 0 Å². The number of carbonyl (C=O) groups excluding carboxylic acids is 1. The van der Waals surface area contributed by atoms with E-state index in [9.17, 15) is 4.79 Å². The van der Waals surface area contributed by atoms with Crippen molar-refractivity contribution in [1.82, 2.24) is 15.2 Å². The van der Waals surface area contributed by atoms with Crippen LogP contribution in [0.4, 0.5) is 5.69 Å². The van der Waals surface area contributed by atoms with Gasteiger partial charge < -0.3 is 20.9 Å². The van der Waals surface area contributed by atoms with E-state index < -0.39 is 0 Å². The third-order valence-electron chi connectivity index (χ3n) is 2.56. The fourth-order valence-corrected chi connectivity index (χ4v) is 1.50. The first kappa shape index (κ1) is 12.6. The molecule has 0 unspecified atom stereocenters. The fourth-order valence-electron chi connectivity index (χ4n) is 1.50. The van der Waals surface area contributed by atoms with Crippen LogP contribution >= 0.6 is 0 Å². The normalized spacial score (nSPS) is 10.7. The maximum atomic E-state index is 11.6. The average molecular weight is 224 g/mol. The Kier molecular flexibility index (Phi) is 4.85. The number of amides is 1. The van der Waals surface area contributed by atoms with Crippen molar-refractivity contribution >= 4 is 11.6 Å². The molecule has 5 heteroatoms. The van der Waals surface area contributed by atoms with Crippen LogP contribution in [0.3, 0.4) is 0 Å². The van der Waals surface area contributed by atoms with Crippen LogP contribution in [-0.4, -0.2) is 42.0 Å². The molecule has 0 atom stereocenters. The Hall–Kier alpha value is -1.49. The molecule has 90 valence electrons. The smallest absolute Gasteiger partial charge is 0.267 e. The van der Waals surface area contributed by atoms with Crippen LogP contribution in [-0.2, 0) is 0 Å². The number of hydrogen-bond donors (Lipinski definition) is 3. The van der Waals surface area contributed by atoms with Gasteiger partial charge in [0.1, 0.15) is 5.69 Å². The Morgan fingerprint density at radius 3 is 2.69 bits per heavy atom. The number of anilines is 1. The Morgan fingerprint density at radius 2 is 2.19 bits per heavy atom. The van der Waals surface area contributed by atoms with Gasteiger partial charge in [-0.2, -0.15) is 0 Å². The summed E-state index contributed by atoms with van der Waals surface area (Å²) in [6.45, 7) is 7.74. The number of likely N-dealkylation sites (N-methyl/N-ethyl adjacent to an activating group) is 1. The van der Waals surface area contributed by atoms with Crippen LogP contribution in [0, 0.1) is 0 Å². The molecule has 0 aliphatic carbocycles. The molecule has 1 amide bonds. The standard InChI is InChI=1S/C11H20N4O/c1-3-15(4-2)6-5-13-11(16)10-7-9(12)8-14-10/h7-8,14H,3-6,12H2,1-2H3,(H,13,16). The predicted octanol–water partition coefficient (Wildman–Crippen LogP) is 0.669. The quantitative estimate of drug-likeness (QED) is 0.665. The molecular formula is C11H20N4O. The molecule has 0 fully saturated rings. The summed E-state index contributed by atoms with van der Waals surface area (Å²) in [6, 6.07) is 1.63. The maximum absolute atomic E-state index is 11.6. The van der Waals surface area contributed by atoms with Gasteiger partial charge in [0.05, 0.1) is 0 Å². The van der Waals surface area contributed by atoms with Crippen molar-refractivity contribution < 1.29 is 4.79 Å². The zero-order valence-electron chi connectivity index (χ0n) is 9.92. The number of nitrogens with two attached hydrogens (primary N) is 1. The SMILES string of the molecule is CCN(CC)CCNC(=O)c1cc(N)c[nH]1. The Labute approximate surface area is 96.0 Å². The van der Waals surface area contributed by atoms with Crippen molar-refractivity contribution in [2.24, 2.45) is 0 Å². The lowest BCUT2D eigenvalue weighted by molar-refractivity contribution is 0.0944. The summed E-state index contributed by atoms with van der Waals surface area (Å²) in [5, 5.41) is 2.84. The van der Waals surface area contributed by atoms with Crippen LogP contribution in [0.25, 0.3) is 0 Å². The van der Waals surface area contributed by atoms with Crippen LogP contribution in [0.1, 0.15) is 24.3 Å². The molecule has 0 aliphatic heterocycles. The van der Waals surface area contributed by atoms with Crippen molar-refractivity contribution in [2.45, 2.75) is 13.8 Å². The Morgan fingerprint density at radius 1 is 1.50 bits per heavy atom. The van der Waals surface area contributed by atoms with Crippen molar-refractivity contribution in [2.75, 3.05) is 31.9 Å². The van der Waals surface area contributed by atoms with Crippen LogP contribution in [0.5, 0.6) is 0 Å². The summed E-state index contributed by atoms with van der Waals surface area (Å²) < 4.78 is 0. The molecule has 0 aliphatic rings. The van der Waals surface area contributed by atoms with E-state index in [1.54, 1.807) is 12.3 Å². The Bertz CT molecular complexity index is 330. The van der Waals surface area contributed by atoms with Crippen LogP contribution in [0.15, 0.2) is 12.3 Å². The fraction of sp³-hybridized carbons (Fsp3) is 0.545. The average Bonchev–Trinajstić information content (AvgIpc) is 2.71. The van der Waals surface area contributed by atoms with Gasteiger partial charge >= 0.3 is 0 Å². The Balaban J connectivity index is 2.30. The second-order valence-corrected chi connectivity index (χ2v) is 3.63. The van der Waals surface area contributed by atoms with Gasteiger partial charge in [0.25, 0.3) is 5.91 Å². The van der Waals surface area contributed by atoms with Crippen molar-refractivity contribution in [3.8, 4) is 0 Å². The lowest BCUT2D eigenvalue weighted by Crippen LogP contribution is -2.34. The van der Waals surface area contributed by atoms with Crippen molar-refractivity contribution in [3.63, 3.8) is 0 Å². The van der Waals surface area contributed by atoms with E-state index in [2.05, 4.69) is 29.0 Å². The molecule has 1 aromatic heterocycles. The maximum Gasteiger partial charge on any atom is 0.267 e. The minimum atomic E-state index is -0.108. The van der Waals surface area contributed by atoms with E-state index in [0.717, 1.165) is 19.6 Å². The zero-order chi connectivity index (χ0) is 12.0. The number of aromatic amines is 1. The highest BCUT2D eigenvalue weighted by Gasteiger charge is 2.07. The first-order valence-corrected chi connectivity index (χ1v) is 5.61. The molecule has 1 aromatic rings. The molecule has 5 nitrogen and oxygen atoms in total. The van der Waals surface area contributed by atoms with Gasteiger partial charge in [-0.25, -0.2) is 0 Å². The number of H-pyrrole nitrogens is 1. The number of nitrogen functional groups attached to an aromatic ring is 1. The summed E-state index contributed by atoms with van der Waals surface area (Å²) in [4.78, 5) is 16.7. The van der Waals surface area contributed by atoms with E-state index in [-0.39, 0.29) is 5.91 Å². The summed E-state index contributed by atoms with van der Waals surface area (Å²) in [7, 11) is 0. The third kappa shape index (κ3) is 3.58. The first-order chi connectivity index (χ1) is 7.67. The van der Waals surface area contributed by atoms with Gasteiger partial charge in [0, 0.05) is 25.0 Å². The lowest BCUT2D eigenvalue weighted by Gasteiger charge is -2.17. The molecule has 1 heterocycles. The summed E-state index contributed by atoms with van der Waals surface area (Å²) >= 11 is 0. The number of nitrogens with zero attached hydrogens (tertiary/aromatic N) is 1. The van der Waals surface area contributed by atoms with Gasteiger partial charge in [-0.3, -0.25) is 4.79 Å². The van der Waals surface area contributed by atoms with E-state index in [1.807, 2.05) is 0 Å². The van der Waals surface area contributed by atoms with E-state index in [0.29, 0.717) is 17.9 Å². The summed E-state index contributed by atoms with van der Waals surface area (Å²) in [5.41, 5.74) is 6.61. The molecule has 16 heavy (non-hydrogen) atoms. The topological polar surface area (TPSA) is 74.2 Å². The molecule has 0 bridgehead atoms. The number of nitrogens with one attached hydrogen (secondary N) is 2. The first-order valence-electron chi connectivity index (χ1n) is 5.61. The number of carbonyl (C=O) groups is 1. The van der Waals surface area contributed by atoms with Gasteiger partial charge in [0.2, 0.25) is 0 Å². The van der Waals surface area contributed by atoms with E-state index in [4.69, 9.17) is 5.73 Å².